The fourth-order valence-corrected chi connectivity index (χ4v) is 7.28. The fraction of sp³-hybridized carbons (Fsp3) is 0.548. The van der Waals surface area contributed by atoms with Crippen molar-refractivity contribution < 1.29 is 14.0 Å². The zero-order valence-corrected chi connectivity index (χ0v) is 23.1. The van der Waals surface area contributed by atoms with Gasteiger partial charge in [0.1, 0.15) is 5.82 Å². The van der Waals surface area contributed by atoms with Crippen molar-refractivity contribution in [3.63, 3.8) is 0 Å². The highest BCUT2D eigenvalue weighted by molar-refractivity contribution is 6.34. The van der Waals surface area contributed by atoms with Gasteiger partial charge in [0.2, 0.25) is 5.91 Å². The van der Waals surface area contributed by atoms with Crippen molar-refractivity contribution in [1.29, 1.82) is 0 Å². The van der Waals surface area contributed by atoms with Gasteiger partial charge in [-0.15, -0.1) is 0 Å². The zero-order valence-electron chi connectivity index (χ0n) is 22.4. The van der Waals surface area contributed by atoms with E-state index < -0.39 is 5.41 Å². The second kappa shape index (κ2) is 11.6. The highest BCUT2D eigenvalue weighted by Crippen LogP contribution is 2.44. The molecule has 0 unspecified atom stereocenters. The van der Waals surface area contributed by atoms with Crippen LogP contribution in [0.5, 0.6) is 0 Å². The van der Waals surface area contributed by atoms with Gasteiger partial charge in [-0.2, -0.15) is 0 Å². The SMILES string of the molecule is CNC(=O)c1ccc(N2CCC(CC3CCN(C(=O)C4(c5ccccc5F)CCCC4)CC3)CC2)cc1Cl. The zero-order chi connectivity index (χ0) is 26.7. The third-order valence-corrected chi connectivity index (χ3v) is 9.54. The number of hydrogen-bond acceptors (Lipinski definition) is 3. The van der Waals surface area contributed by atoms with E-state index in [1.54, 1.807) is 19.2 Å². The first-order valence-corrected chi connectivity index (χ1v) is 14.6. The van der Waals surface area contributed by atoms with Crippen LogP contribution in [0.3, 0.4) is 0 Å². The number of likely N-dealkylation sites (tertiary alicyclic amines) is 1. The lowest BCUT2D eigenvalue weighted by Gasteiger charge is -2.40. The number of anilines is 1. The normalized spacial score (nSPS) is 20.5. The van der Waals surface area contributed by atoms with Crippen LogP contribution in [0.4, 0.5) is 10.1 Å². The van der Waals surface area contributed by atoms with Crippen LogP contribution in [0.2, 0.25) is 5.02 Å². The Labute approximate surface area is 230 Å². The molecule has 1 saturated carbocycles. The van der Waals surface area contributed by atoms with E-state index in [9.17, 15) is 14.0 Å². The first-order valence-electron chi connectivity index (χ1n) is 14.2. The Morgan fingerprint density at radius 1 is 0.974 bits per heavy atom. The van der Waals surface area contributed by atoms with Crippen LogP contribution < -0.4 is 10.2 Å². The molecule has 3 fully saturated rings. The Balaban J connectivity index is 1.12. The standard InChI is InChI=1S/C31H39ClFN3O2/c1-34-29(37)25-9-8-24(21-27(25)32)35-16-10-22(11-17-35)20-23-12-18-36(19-13-23)30(38)31(14-4-5-15-31)26-6-2-3-7-28(26)33/h2-3,6-9,21-23H,4-5,10-20H2,1H3,(H,34,37). The third-order valence-electron chi connectivity index (χ3n) is 9.23. The summed E-state index contributed by atoms with van der Waals surface area (Å²) in [6, 6.07) is 12.6. The van der Waals surface area contributed by atoms with Crippen molar-refractivity contribution in [3.8, 4) is 0 Å². The van der Waals surface area contributed by atoms with Gasteiger partial charge in [-0.05, 0) is 81.0 Å². The smallest absolute Gasteiger partial charge is 0.252 e. The summed E-state index contributed by atoms with van der Waals surface area (Å²) in [6.45, 7) is 3.55. The minimum absolute atomic E-state index is 0.146. The third kappa shape index (κ3) is 5.42. The highest BCUT2D eigenvalue weighted by Gasteiger charge is 2.46. The Hall–Kier alpha value is -2.60. The van der Waals surface area contributed by atoms with E-state index in [0.29, 0.717) is 28.0 Å². The van der Waals surface area contributed by atoms with E-state index >= 15 is 0 Å². The molecule has 1 aliphatic carbocycles. The van der Waals surface area contributed by atoms with Crippen LogP contribution >= 0.6 is 11.6 Å². The molecule has 0 spiro atoms. The molecule has 5 nitrogen and oxygen atoms in total. The molecule has 204 valence electrons. The number of halogens is 2. The largest absolute Gasteiger partial charge is 0.371 e. The van der Waals surface area contributed by atoms with Gasteiger partial charge in [-0.25, -0.2) is 4.39 Å². The Bertz CT molecular complexity index is 1150. The average Bonchev–Trinajstić information content (AvgIpc) is 3.44. The lowest BCUT2D eigenvalue weighted by Crippen LogP contribution is -2.49. The maximum absolute atomic E-state index is 14.8. The molecule has 2 aromatic carbocycles. The quantitative estimate of drug-likeness (QED) is 0.476. The number of nitrogens with zero attached hydrogens (tertiary/aromatic N) is 2. The number of nitrogens with one attached hydrogen (secondary N) is 1. The molecule has 38 heavy (non-hydrogen) atoms. The molecular weight excluding hydrogens is 501 g/mol. The number of benzene rings is 2. The Kier molecular flexibility index (Phi) is 8.27. The van der Waals surface area contributed by atoms with Gasteiger partial charge in [0.05, 0.1) is 16.0 Å². The number of amides is 2. The van der Waals surface area contributed by atoms with Gasteiger partial charge in [-0.1, -0.05) is 42.6 Å². The summed E-state index contributed by atoms with van der Waals surface area (Å²) in [5.74, 6) is 1.07. The molecule has 3 aliphatic rings. The summed E-state index contributed by atoms with van der Waals surface area (Å²) in [6.07, 6.45) is 9.06. The topological polar surface area (TPSA) is 52.7 Å². The van der Waals surface area contributed by atoms with Gasteiger partial charge in [-0.3, -0.25) is 9.59 Å². The molecule has 0 radical (unpaired) electrons. The molecule has 0 aromatic heterocycles. The molecule has 2 heterocycles. The summed E-state index contributed by atoms with van der Waals surface area (Å²) in [4.78, 5) is 30.1. The van der Waals surface area contributed by atoms with Crippen LogP contribution in [-0.4, -0.2) is 49.9 Å². The van der Waals surface area contributed by atoms with Crippen LogP contribution in [0.15, 0.2) is 42.5 Å². The molecule has 7 heteroatoms. The predicted octanol–water partition coefficient (Wildman–Crippen LogP) is 6.20. The lowest BCUT2D eigenvalue weighted by atomic mass is 9.76. The van der Waals surface area contributed by atoms with Crippen LogP contribution in [-0.2, 0) is 10.2 Å². The molecule has 1 N–H and O–H groups in total. The highest BCUT2D eigenvalue weighted by atomic mass is 35.5. The van der Waals surface area contributed by atoms with Crippen LogP contribution in [0.25, 0.3) is 0 Å². The molecule has 0 bridgehead atoms. The first kappa shape index (κ1) is 27.0. The molecule has 2 amide bonds. The summed E-state index contributed by atoms with van der Waals surface area (Å²) < 4.78 is 14.8. The molecule has 5 rings (SSSR count). The minimum atomic E-state index is -0.674. The van der Waals surface area contributed by atoms with E-state index in [0.717, 1.165) is 83.2 Å². The van der Waals surface area contributed by atoms with Gasteiger partial charge in [0.25, 0.3) is 5.91 Å². The van der Waals surface area contributed by atoms with Gasteiger partial charge >= 0.3 is 0 Å². The Morgan fingerprint density at radius 3 is 2.21 bits per heavy atom. The average molecular weight is 540 g/mol. The van der Waals surface area contributed by atoms with E-state index in [4.69, 9.17) is 11.6 Å². The molecule has 2 aliphatic heterocycles. The van der Waals surface area contributed by atoms with Crippen molar-refractivity contribution >= 4 is 29.1 Å². The van der Waals surface area contributed by atoms with Crippen molar-refractivity contribution in [3.05, 3.63) is 64.4 Å². The molecule has 2 aromatic rings. The van der Waals surface area contributed by atoms with Crippen molar-refractivity contribution in [2.45, 2.75) is 63.2 Å². The second-order valence-electron chi connectivity index (χ2n) is 11.4. The van der Waals surface area contributed by atoms with E-state index in [1.807, 2.05) is 29.2 Å². The monoisotopic (exact) mass is 539 g/mol. The van der Waals surface area contributed by atoms with E-state index in [1.165, 1.54) is 12.5 Å². The second-order valence-corrected chi connectivity index (χ2v) is 11.8. The number of rotatable bonds is 6. The fourth-order valence-electron chi connectivity index (χ4n) is 7.02. The van der Waals surface area contributed by atoms with Gasteiger partial charge < -0.3 is 15.1 Å². The maximum Gasteiger partial charge on any atom is 0.252 e. The summed E-state index contributed by atoms with van der Waals surface area (Å²) >= 11 is 6.37. The predicted molar refractivity (Wildman–Crippen MR) is 150 cm³/mol. The molecule has 2 saturated heterocycles. The van der Waals surface area contributed by atoms with Crippen LogP contribution in [0, 0.1) is 17.7 Å². The summed E-state index contributed by atoms with van der Waals surface area (Å²) in [5.41, 5.74) is 1.50. The number of carbonyl (C=O) groups excluding carboxylic acids is 2. The number of carbonyl (C=O) groups is 2. The van der Waals surface area contributed by atoms with E-state index in [2.05, 4.69) is 10.2 Å². The van der Waals surface area contributed by atoms with Gasteiger partial charge in [0.15, 0.2) is 0 Å². The molecule has 0 atom stereocenters. The molecular formula is C31H39ClFN3O2. The minimum Gasteiger partial charge on any atom is -0.371 e. The summed E-state index contributed by atoms with van der Waals surface area (Å²) in [5, 5.41) is 3.11. The maximum atomic E-state index is 14.8. The van der Waals surface area contributed by atoms with Crippen LogP contribution in [0.1, 0.15) is 73.7 Å². The number of hydrogen-bond donors (Lipinski definition) is 1. The van der Waals surface area contributed by atoms with Crippen molar-refractivity contribution in [1.82, 2.24) is 10.2 Å². The summed E-state index contributed by atoms with van der Waals surface area (Å²) in [7, 11) is 1.61. The Morgan fingerprint density at radius 2 is 1.61 bits per heavy atom. The first-order chi connectivity index (χ1) is 18.4. The van der Waals surface area contributed by atoms with Crippen molar-refractivity contribution in [2.75, 3.05) is 38.1 Å². The van der Waals surface area contributed by atoms with Gasteiger partial charge in [0, 0.05) is 44.5 Å². The lowest BCUT2D eigenvalue weighted by molar-refractivity contribution is -0.139. The van der Waals surface area contributed by atoms with Crippen molar-refractivity contribution in [2.24, 2.45) is 11.8 Å². The number of piperidine rings is 2. The van der Waals surface area contributed by atoms with E-state index in [-0.39, 0.29) is 17.6 Å².